The van der Waals surface area contributed by atoms with Crippen LogP contribution in [0.5, 0.6) is 0 Å². The van der Waals surface area contributed by atoms with E-state index in [1.54, 1.807) is 25.1 Å². The zero-order valence-electron chi connectivity index (χ0n) is 26.4. The molecule has 1 N–H and O–H groups in total. The minimum absolute atomic E-state index is 0.0997. The zero-order chi connectivity index (χ0) is 32.4. The van der Waals surface area contributed by atoms with Crippen LogP contribution >= 0.6 is 11.6 Å². The minimum atomic E-state index is -1.33. The molecule has 2 saturated heterocycles. The van der Waals surface area contributed by atoms with E-state index < -0.39 is 17.6 Å². The first-order valence-corrected chi connectivity index (χ1v) is 16.7. The topological polar surface area (TPSA) is 101 Å². The second-order valence-corrected chi connectivity index (χ2v) is 13.2. The number of fused-ring (bicyclic) bond motifs is 1. The summed E-state index contributed by atoms with van der Waals surface area (Å²) in [6, 6.07) is 9.70. The number of para-hydroxylation sites is 1. The lowest BCUT2D eigenvalue weighted by atomic mass is 9.87. The number of carbonyl (C=O) groups is 3. The number of Topliss-reactive ketones (excluding diaryl/α,β-unsaturated/α-hetero) is 1. The molecule has 1 aromatic heterocycles. The predicted octanol–water partition coefficient (Wildman–Crippen LogP) is 6.43. The second kappa shape index (κ2) is 13.8. The summed E-state index contributed by atoms with van der Waals surface area (Å²) in [5.41, 5.74) is 1.10. The lowest BCUT2D eigenvalue weighted by molar-refractivity contribution is -0.275. The van der Waals surface area contributed by atoms with Gasteiger partial charge >= 0.3 is 5.97 Å². The molecule has 6 rings (SSSR count). The van der Waals surface area contributed by atoms with Crippen molar-refractivity contribution in [3.63, 3.8) is 0 Å². The van der Waals surface area contributed by atoms with Crippen LogP contribution in [0.25, 0.3) is 11.0 Å². The maximum atomic E-state index is 15.7. The fraction of sp³-hybridized carbons (Fsp3) is 0.514. The van der Waals surface area contributed by atoms with E-state index >= 15 is 4.39 Å². The quantitative estimate of drug-likeness (QED) is 0.236. The van der Waals surface area contributed by atoms with Gasteiger partial charge in [0.15, 0.2) is 5.78 Å². The number of nitrogens with one attached hydrogen (secondary N) is 1. The van der Waals surface area contributed by atoms with Crippen LogP contribution in [-0.2, 0) is 25.5 Å². The summed E-state index contributed by atoms with van der Waals surface area (Å²) in [5, 5.41) is 3.44. The SMILES string of the molecule is CCOC(=O)C1CCC(OC(C(=O)Cc2cc(Cl)c(NC(=O)c3coc4ccccc34)cc2F)(N2CCCC2)N2CC(C)C2)CC1. The number of halogens is 2. The normalized spacial score (nSPS) is 22.3. The van der Waals surface area contributed by atoms with Crippen molar-refractivity contribution in [1.29, 1.82) is 0 Å². The highest BCUT2D eigenvalue weighted by atomic mass is 35.5. The van der Waals surface area contributed by atoms with Gasteiger partial charge in [-0.25, -0.2) is 4.39 Å². The number of benzene rings is 2. The number of hydrogen-bond acceptors (Lipinski definition) is 8. The average Bonchev–Trinajstić information content (AvgIpc) is 3.72. The summed E-state index contributed by atoms with van der Waals surface area (Å²) in [6.45, 7) is 7.08. The summed E-state index contributed by atoms with van der Waals surface area (Å²) in [6.07, 6.45) is 5.33. The van der Waals surface area contributed by atoms with E-state index in [0.717, 1.165) is 18.9 Å². The first kappa shape index (κ1) is 32.6. The Balaban J connectivity index is 1.23. The summed E-state index contributed by atoms with van der Waals surface area (Å²) in [4.78, 5) is 44.1. The molecule has 46 heavy (non-hydrogen) atoms. The number of ketones is 1. The Labute approximate surface area is 273 Å². The highest BCUT2D eigenvalue weighted by molar-refractivity contribution is 6.34. The van der Waals surface area contributed by atoms with Gasteiger partial charge in [0, 0.05) is 38.0 Å². The van der Waals surface area contributed by atoms with Gasteiger partial charge in [0.05, 0.1) is 34.9 Å². The molecule has 0 radical (unpaired) electrons. The van der Waals surface area contributed by atoms with Crippen LogP contribution in [0.1, 0.15) is 68.3 Å². The molecule has 1 amide bonds. The van der Waals surface area contributed by atoms with Crippen molar-refractivity contribution in [1.82, 2.24) is 9.80 Å². The molecule has 11 heteroatoms. The molecule has 1 atom stereocenters. The fourth-order valence-electron chi connectivity index (χ4n) is 7.09. The smallest absolute Gasteiger partial charge is 0.308 e. The maximum Gasteiger partial charge on any atom is 0.308 e. The minimum Gasteiger partial charge on any atom is -0.466 e. The van der Waals surface area contributed by atoms with Crippen LogP contribution in [0, 0.1) is 17.7 Å². The molecule has 2 aromatic carbocycles. The molecule has 3 heterocycles. The van der Waals surface area contributed by atoms with E-state index in [1.807, 2.05) is 6.07 Å². The van der Waals surface area contributed by atoms with E-state index in [-0.39, 0.29) is 46.5 Å². The highest BCUT2D eigenvalue weighted by Crippen LogP contribution is 2.39. The maximum absolute atomic E-state index is 15.7. The number of likely N-dealkylation sites (tertiary alicyclic amines) is 2. The Hall–Kier alpha value is -3.31. The van der Waals surface area contributed by atoms with Gasteiger partial charge in [-0.05, 0) is 75.1 Å². The Morgan fingerprint density at radius 2 is 1.78 bits per heavy atom. The Morgan fingerprint density at radius 3 is 2.48 bits per heavy atom. The van der Waals surface area contributed by atoms with Crippen LogP contribution in [-0.4, -0.2) is 72.2 Å². The third-order valence-corrected chi connectivity index (χ3v) is 9.79. The van der Waals surface area contributed by atoms with Gasteiger partial charge < -0.3 is 19.2 Å². The molecule has 0 spiro atoms. The molecule has 1 unspecified atom stereocenters. The van der Waals surface area contributed by atoms with Gasteiger partial charge in [-0.3, -0.25) is 24.2 Å². The average molecular weight is 654 g/mol. The predicted molar refractivity (Wildman–Crippen MR) is 172 cm³/mol. The monoisotopic (exact) mass is 653 g/mol. The van der Waals surface area contributed by atoms with Gasteiger partial charge in [-0.2, -0.15) is 0 Å². The molecule has 3 aliphatic rings. The Kier molecular flexibility index (Phi) is 9.80. The summed E-state index contributed by atoms with van der Waals surface area (Å²) in [5.74, 6) is -2.65. The molecular weight excluding hydrogens is 613 g/mol. The molecule has 3 fully saturated rings. The number of hydrogen-bond donors (Lipinski definition) is 1. The number of amides is 1. The van der Waals surface area contributed by atoms with Crippen molar-refractivity contribution in [2.24, 2.45) is 11.8 Å². The van der Waals surface area contributed by atoms with Crippen molar-refractivity contribution in [2.45, 2.75) is 70.7 Å². The van der Waals surface area contributed by atoms with Crippen molar-refractivity contribution >= 4 is 45.9 Å². The molecule has 9 nitrogen and oxygen atoms in total. The Bertz CT molecular complexity index is 1590. The fourth-order valence-corrected chi connectivity index (χ4v) is 7.33. The molecule has 0 bridgehead atoms. The van der Waals surface area contributed by atoms with E-state index in [9.17, 15) is 14.4 Å². The first-order valence-electron chi connectivity index (χ1n) is 16.3. The number of furan rings is 1. The van der Waals surface area contributed by atoms with Crippen molar-refractivity contribution < 1.29 is 32.7 Å². The summed E-state index contributed by atoms with van der Waals surface area (Å²) in [7, 11) is 0. The first-order chi connectivity index (χ1) is 22.2. The zero-order valence-corrected chi connectivity index (χ0v) is 27.1. The van der Waals surface area contributed by atoms with E-state index in [1.165, 1.54) is 12.3 Å². The standard InChI is InChI=1S/C35H41ClFN3O6/c1-3-44-34(43)23-10-12-25(13-11-23)46-35(39-14-6-7-15-39,40-19-22(2)20-40)32(41)17-24-16-28(36)30(18-29(24)37)38-33(42)27-21-45-31-9-5-4-8-26(27)31/h4-5,8-9,16,18,21-23,25H,3,6-7,10-15,17,19-20H2,1-2H3,(H,38,42). The van der Waals surface area contributed by atoms with Gasteiger partial charge in [-0.1, -0.05) is 36.7 Å². The molecule has 2 aliphatic heterocycles. The van der Waals surface area contributed by atoms with E-state index in [2.05, 4.69) is 22.0 Å². The number of ether oxygens (including phenoxy) is 2. The third-order valence-electron chi connectivity index (χ3n) is 9.48. The molecule has 1 saturated carbocycles. The molecular formula is C35H41ClFN3O6. The van der Waals surface area contributed by atoms with Crippen molar-refractivity contribution in [3.05, 3.63) is 64.6 Å². The van der Waals surface area contributed by atoms with Crippen LogP contribution < -0.4 is 5.32 Å². The summed E-state index contributed by atoms with van der Waals surface area (Å²) >= 11 is 6.58. The van der Waals surface area contributed by atoms with Gasteiger partial charge in [0.25, 0.3) is 5.91 Å². The molecule has 3 aromatic rings. The molecule has 1 aliphatic carbocycles. The van der Waals surface area contributed by atoms with Gasteiger partial charge in [0.2, 0.25) is 5.85 Å². The number of rotatable bonds is 11. The third kappa shape index (κ3) is 6.45. The lowest BCUT2D eigenvalue weighted by Crippen LogP contribution is -2.72. The number of carbonyl (C=O) groups excluding carboxylic acids is 3. The number of nitrogens with zero attached hydrogens (tertiary/aromatic N) is 2. The number of anilines is 1. The van der Waals surface area contributed by atoms with Crippen LogP contribution in [0.4, 0.5) is 10.1 Å². The largest absolute Gasteiger partial charge is 0.466 e. The van der Waals surface area contributed by atoms with Crippen molar-refractivity contribution in [2.75, 3.05) is 38.1 Å². The van der Waals surface area contributed by atoms with E-state index in [4.69, 9.17) is 25.5 Å². The van der Waals surface area contributed by atoms with Crippen molar-refractivity contribution in [3.8, 4) is 0 Å². The van der Waals surface area contributed by atoms with Crippen LogP contribution in [0.2, 0.25) is 5.02 Å². The van der Waals surface area contributed by atoms with Gasteiger partial charge in [0.1, 0.15) is 17.7 Å². The van der Waals surface area contributed by atoms with Gasteiger partial charge in [-0.15, -0.1) is 0 Å². The number of esters is 1. The highest BCUT2D eigenvalue weighted by Gasteiger charge is 2.55. The lowest BCUT2D eigenvalue weighted by Gasteiger charge is -2.55. The Morgan fingerprint density at radius 1 is 1.07 bits per heavy atom. The summed E-state index contributed by atoms with van der Waals surface area (Å²) < 4.78 is 33.3. The molecule has 246 valence electrons. The van der Waals surface area contributed by atoms with E-state index in [0.29, 0.717) is 80.9 Å². The van der Waals surface area contributed by atoms with Crippen LogP contribution in [0.15, 0.2) is 47.1 Å². The second-order valence-electron chi connectivity index (χ2n) is 12.8. The van der Waals surface area contributed by atoms with Crippen LogP contribution in [0.3, 0.4) is 0 Å².